The fourth-order valence-electron chi connectivity index (χ4n) is 7.66. The number of likely N-dealkylation sites (tertiary alicyclic amines) is 1. The molecule has 1 fully saturated rings. The molecule has 12 nitrogen and oxygen atoms in total. The Morgan fingerprint density at radius 1 is 0.981 bits per heavy atom. The lowest BCUT2D eigenvalue weighted by molar-refractivity contribution is -0.147. The first kappa shape index (κ1) is 46.3. The maximum atomic E-state index is 14.2. The standard InChI is InChI=1S/C39H68IN5O7/c1-13-25(6)34(43(9)39(50)32(23(2)3)42-38(49)33(24(4)5)44(10)40)30(51-11)22-31(46)45-21-17-20-29(45)36(52-12)26(7)37(48)41-27(8)35(47)28-18-15-14-16-19-28/h14-16,18-19,23-27,29-30,32-37,41,47-48H,13,17,20-22H2,1-12H3,(H,42,49)/t25-,26+,27+,29-,30+,32-,33-,34-,35+,36+,37?/m0/s1. The third kappa shape index (κ3) is 12.1. The molecule has 52 heavy (non-hydrogen) atoms. The van der Waals surface area contributed by atoms with Crippen LogP contribution >= 0.6 is 22.9 Å². The van der Waals surface area contributed by atoms with Gasteiger partial charge < -0.3 is 34.8 Å². The Morgan fingerprint density at radius 2 is 1.60 bits per heavy atom. The zero-order valence-corrected chi connectivity index (χ0v) is 35.7. The maximum absolute atomic E-state index is 14.2. The van der Waals surface area contributed by atoms with E-state index in [2.05, 4.69) is 47.3 Å². The van der Waals surface area contributed by atoms with Crippen LogP contribution in [0.15, 0.2) is 30.3 Å². The Balaban J connectivity index is 2.25. The van der Waals surface area contributed by atoms with Crippen LogP contribution < -0.4 is 10.6 Å². The van der Waals surface area contributed by atoms with Crippen LogP contribution in [0.4, 0.5) is 0 Å². The molecule has 4 N–H and O–H groups in total. The number of benzene rings is 1. The number of nitrogens with zero attached hydrogens (tertiary/aromatic N) is 3. The molecule has 13 heteroatoms. The second kappa shape index (κ2) is 21.9. The van der Waals surface area contributed by atoms with Crippen LogP contribution in [0.1, 0.15) is 92.7 Å². The summed E-state index contributed by atoms with van der Waals surface area (Å²) in [6.45, 7) is 16.2. The van der Waals surface area contributed by atoms with Crippen LogP contribution in [0.5, 0.6) is 0 Å². The van der Waals surface area contributed by atoms with Gasteiger partial charge in [0.25, 0.3) is 0 Å². The number of nitrogens with one attached hydrogen (secondary N) is 2. The third-order valence-corrected chi connectivity index (χ3v) is 11.5. The third-order valence-electron chi connectivity index (χ3n) is 10.9. The van der Waals surface area contributed by atoms with Crippen molar-refractivity contribution in [1.82, 2.24) is 23.5 Å². The number of hydrogen-bond acceptors (Lipinski definition) is 9. The van der Waals surface area contributed by atoms with Crippen LogP contribution in [0.25, 0.3) is 0 Å². The second-order valence-corrected chi connectivity index (χ2v) is 16.9. The summed E-state index contributed by atoms with van der Waals surface area (Å²) in [6.07, 6.45) is -0.576. The summed E-state index contributed by atoms with van der Waals surface area (Å²) in [6, 6.07) is 7.01. The number of hydrogen-bond donors (Lipinski definition) is 4. The second-order valence-electron chi connectivity index (χ2n) is 15.4. The van der Waals surface area contributed by atoms with Crippen molar-refractivity contribution in [3.63, 3.8) is 0 Å². The average molecular weight is 846 g/mol. The molecule has 1 aliphatic heterocycles. The normalized spacial score (nSPS) is 20.9. The van der Waals surface area contributed by atoms with E-state index in [1.807, 2.05) is 86.9 Å². The molecule has 11 atom stereocenters. The number of carbonyl (C=O) groups excluding carboxylic acids is 3. The molecular weight excluding hydrogens is 777 g/mol. The number of methoxy groups -OCH3 is 2. The van der Waals surface area contributed by atoms with Gasteiger partial charge in [-0.05, 0) is 50.1 Å². The maximum Gasteiger partial charge on any atom is 0.245 e. The Morgan fingerprint density at radius 3 is 2.10 bits per heavy atom. The first-order valence-corrected chi connectivity index (χ1v) is 19.9. The van der Waals surface area contributed by atoms with Crippen molar-refractivity contribution in [2.45, 2.75) is 136 Å². The first-order valence-electron chi connectivity index (χ1n) is 18.9. The zero-order valence-electron chi connectivity index (χ0n) is 33.6. The largest absolute Gasteiger partial charge is 0.387 e. The van der Waals surface area contributed by atoms with Crippen molar-refractivity contribution in [3.05, 3.63) is 35.9 Å². The molecule has 0 aliphatic carbocycles. The molecule has 298 valence electrons. The average Bonchev–Trinajstić information content (AvgIpc) is 3.59. The van der Waals surface area contributed by atoms with Gasteiger partial charge in [-0.2, -0.15) is 0 Å². The van der Waals surface area contributed by atoms with Crippen LogP contribution in [0.2, 0.25) is 0 Å². The minimum atomic E-state index is -1.00. The summed E-state index contributed by atoms with van der Waals surface area (Å²) < 4.78 is 13.8. The molecule has 1 aromatic rings. The van der Waals surface area contributed by atoms with E-state index in [4.69, 9.17) is 9.47 Å². The molecule has 0 spiro atoms. The van der Waals surface area contributed by atoms with Crippen molar-refractivity contribution in [1.29, 1.82) is 0 Å². The summed E-state index contributed by atoms with van der Waals surface area (Å²) in [5, 5.41) is 28.3. The highest BCUT2D eigenvalue weighted by Crippen LogP contribution is 2.31. The smallest absolute Gasteiger partial charge is 0.245 e. The zero-order chi connectivity index (χ0) is 39.4. The van der Waals surface area contributed by atoms with Gasteiger partial charge in [-0.1, -0.05) is 85.2 Å². The summed E-state index contributed by atoms with van der Waals surface area (Å²) in [4.78, 5) is 45.3. The monoisotopic (exact) mass is 845 g/mol. The summed E-state index contributed by atoms with van der Waals surface area (Å²) in [7, 11) is 6.76. The Hall–Kier alpha value is -1.88. The highest BCUT2D eigenvalue weighted by atomic mass is 127. The lowest BCUT2D eigenvalue weighted by atomic mass is 9.89. The van der Waals surface area contributed by atoms with Gasteiger partial charge in [0.15, 0.2) is 0 Å². The van der Waals surface area contributed by atoms with Crippen molar-refractivity contribution in [3.8, 4) is 0 Å². The Kier molecular flexibility index (Phi) is 19.5. The van der Waals surface area contributed by atoms with E-state index in [1.165, 1.54) is 0 Å². The van der Waals surface area contributed by atoms with E-state index in [1.54, 1.807) is 26.2 Å². The number of halogens is 1. The van der Waals surface area contributed by atoms with Crippen LogP contribution in [0, 0.1) is 23.7 Å². The molecule has 2 rings (SSSR count). The van der Waals surface area contributed by atoms with Crippen molar-refractivity contribution >= 4 is 40.6 Å². The van der Waals surface area contributed by atoms with Crippen molar-refractivity contribution < 1.29 is 34.1 Å². The fourth-order valence-corrected chi connectivity index (χ4v) is 8.56. The van der Waals surface area contributed by atoms with Crippen molar-refractivity contribution in [2.75, 3.05) is 34.9 Å². The minimum absolute atomic E-state index is 0.00493. The Labute approximate surface area is 327 Å². The number of rotatable bonds is 21. The van der Waals surface area contributed by atoms with Gasteiger partial charge in [0.05, 0.1) is 36.8 Å². The number of aliphatic hydroxyl groups excluding tert-OH is 2. The minimum Gasteiger partial charge on any atom is -0.387 e. The number of aliphatic hydroxyl groups is 2. The molecule has 0 saturated carbocycles. The summed E-state index contributed by atoms with van der Waals surface area (Å²) in [5.41, 5.74) is 0.752. The fraction of sp³-hybridized carbons (Fsp3) is 0.769. The quantitative estimate of drug-likeness (QED) is 0.0806. The molecule has 0 bridgehead atoms. The summed E-state index contributed by atoms with van der Waals surface area (Å²) in [5.74, 6) is -1.06. The van der Waals surface area contributed by atoms with Gasteiger partial charge in [-0.3, -0.25) is 19.7 Å². The van der Waals surface area contributed by atoms with Gasteiger partial charge in [-0.25, -0.2) is 3.11 Å². The van der Waals surface area contributed by atoms with E-state index in [0.29, 0.717) is 13.0 Å². The molecule has 1 unspecified atom stereocenters. The molecular formula is C39H68IN5O7. The number of amides is 3. The van der Waals surface area contributed by atoms with Crippen LogP contribution in [-0.2, 0) is 23.9 Å². The molecule has 1 aromatic carbocycles. The predicted octanol–water partition coefficient (Wildman–Crippen LogP) is 4.38. The number of likely N-dealkylation sites (N-methyl/N-ethyl adjacent to an activating group) is 2. The van der Waals surface area contributed by atoms with Gasteiger partial charge in [-0.15, -0.1) is 0 Å². The lowest BCUT2D eigenvalue weighted by Crippen LogP contribution is -2.59. The van der Waals surface area contributed by atoms with Gasteiger partial charge in [0.1, 0.15) is 18.3 Å². The number of carbonyl (C=O) groups is 3. The van der Waals surface area contributed by atoms with Crippen LogP contribution in [-0.4, -0.2) is 124 Å². The van der Waals surface area contributed by atoms with E-state index in [-0.39, 0.29) is 47.9 Å². The molecule has 1 heterocycles. The molecule has 1 aliphatic rings. The van der Waals surface area contributed by atoms with Crippen LogP contribution in [0.3, 0.4) is 0 Å². The van der Waals surface area contributed by atoms with E-state index >= 15 is 0 Å². The van der Waals surface area contributed by atoms with Gasteiger partial charge >= 0.3 is 0 Å². The lowest BCUT2D eigenvalue weighted by Gasteiger charge is -2.41. The Bertz CT molecular complexity index is 1230. The van der Waals surface area contributed by atoms with E-state index in [0.717, 1.165) is 18.4 Å². The van der Waals surface area contributed by atoms with E-state index < -0.39 is 54.6 Å². The van der Waals surface area contributed by atoms with Crippen molar-refractivity contribution in [2.24, 2.45) is 23.7 Å². The topological polar surface area (TPSA) is 144 Å². The summed E-state index contributed by atoms with van der Waals surface area (Å²) >= 11 is 2.11. The predicted molar refractivity (Wildman–Crippen MR) is 213 cm³/mol. The van der Waals surface area contributed by atoms with E-state index in [9.17, 15) is 24.6 Å². The van der Waals surface area contributed by atoms with Gasteiger partial charge in [0.2, 0.25) is 17.7 Å². The first-order chi connectivity index (χ1) is 24.4. The number of ether oxygens (including phenoxy) is 2. The SMILES string of the molecule is CC[C@H](C)[C@@H]([C@@H](CC(=O)N1CCC[C@H]1[C@H](OC)[C@@H](C)C(O)N[C@H](C)[C@@H](O)c1ccccc1)OC)N(C)C(=O)[C@@H](NC(=O)[C@H](C(C)C)N(C)I)C(C)C. The van der Waals surface area contributed by atoms with Gasteiger partial charge in [0, 0.05) is 62.6 Å². The molecule has 0 radical (unpaired) electrons. The molecule has 0 aromatic heterocycles. The highest BCUT2D eigenvalue weighted by molar-refractivity contribution is 14.1. The highest BCUT2D eigenvalue weighted by Gasteiger charge is 2.43. The molecule has 1 saturated heterocycles. The molecule has 3 amide bonds.